The van der Waals surface area contributed by atoms with Gasteiger partial charge in [0.25, 0.3) is 0 Å². The summed E-state index contributed by atoms with van der Waals surface area (Å²) in [5, 5.41) is 0. The number of benzene rings is 1. The van der Waals surface area contributed by atoms with Crippen LogP contribution in [0.1, 0.15) is 35.2 Å². The van der Waals surface area contributed by atoms with Crippen molar-refractivity contribution < 1.29 is 9.53 Å². The van der Waals surface area contributed by atoms with Gasteiger partial charge in [-0.3, -0.25) is 9.69 Å². The molecule has 0 bridgehead atoms. The Morgan fingerprint density at radius 3 is 3.00 bits per heavy atom. The SMILES string of the molecule is COc1cccc(C)c1C(=O)C1=CCCN2CCC[C@@H]12. The third-order valence-corrected chi connectivity index (χ3v) is 4.45. The van der Waals surface area contributed by atoms with Crippen LogP contribution >= 0.6 is 0 Å². The molecular formula is C17H21NO2. The second kappa shape index (κ2) is 5.41. The van der Waals surface area contributed by atoms with Gasteiger partial charge in [0.05, 0.1) is 12.7 Å². The molecule has 0 aromatic heterocycles. The van der Waals surface area contributed by atoms with Crippen molar-refractivity contribution in [2.45, 2.75) is 32.2 Å². The van der Waals surface area contributed by atoms with Crippen LogP contribution < -0.4 is 4.74 Å². The fourth-order valence-corrected chi connectivity index (χ4v) is 3.46. The number of aryl methyl sites for hydroxylation is 1. The number of ketones is 1. The lowest BCUT2D eigenvalue weighted by Crippen LogP contribution is -2.37. The minimum absolute atomic E-state index is 0.150. The zero-order valence-electron chi connectivity index (χ0n) is 12.2. The predicted octanol–water partition coefficient (Wildman–Crippen LogP) is 2.98. The number of hydrogen-bond donors (Lipinski definition) is 0. The first-order valence-electron chi connectivity index (χ1n) is 7.35. The Morgan fingerprint density at radius 2 is 2.20 bits per heavy atom. The number of Topliss-reactive ketones (excluding diaryl/α,β-unsaturated/α-hetero) is 1. The summed E-state index contributed by atoms with van der Waals surface area (Å²) in [5.74, 6) is 0.836. The number of hydrogen-bond acceptors (Lipinski definition) is 3. The van der Waals surface area contributed by atoms with Gasteiger partial charge >= 0.3 is 0 Å². The van der Waals surface area contributed by atoms with Gasteiger partial charge in [0, 0.05) is 18.2 Å². The molecule has 0 unspecified atom stereocenters. The molecule has 1 saturated heterocycles. The standard InChI is InChI=1S/C17H21NO2/c1-12-6-3-9-15(20-2)16(12)17(19)13-7-4-10-18-11-5-8-14(13)18/h3,6-7,9,14H,4-5,8,10-11H2,1-2H3/t14-/m0/s1. The average Bonchev–Trinajstić information content (AvgIpc) is 2.94. The molecule has 2 heterocycles. The van der Waals surface area contributed by atoms with Gasteiger partial charge in [-0.15, -0.1) is 0 Å². The van der Waals surface area contributed by atoms with Crippen LogP contribution in [-0.4, -0.2) is 36.9 Å². The molecule has 1 aromatic rings. The van der Waals surface area contributed by atoms with Crippen molar-refractivity contribution in [1.29, 1.82) is 0 Å². The average molecular weight is 271 g/mol. The largest absolute Gasteiger partial charge is 0.496 e. The molecule has 3 rings (SSSR count). The molecular weight excluding hydrogens is 250 g/mol. The third kappa shape index (κ3) is 2.16. The molecule has 1 atom stereocenters. The van der Waals surface area contributed by atoms with Crippen LogP contribution in [0.3, 0.4) is 0 Å². The highest BCUT2D eigenvalue weighted by Crippen LogP contribution is 2.33. The number of rotatable bonds is 3. The smallest absolute Gasteiger partial charge is 0.194 e. The molecule has 0 amide bonds. The topological polar surface area (TPSA) is 29.5 Å². The summed E-state index contributed by atoms with van der Waals surface area (Å²) in [7, 11) is 1.63. The zero-order chi connectivity index (χ0) is 14.1. The molecule has 3 heteroatoms. The van der Waals surface area contributed by atoms with Gasteiger partial charge in [0.1, 0.15) is 5.75 Å². The van der Waals surface area contributed by atoms with E-state index in [1.54, 1.807) is 7.11 Å². The van der Waals surface area contributed by atoms with Crippen LogP contribution in [0.5, 0.6) is 5.75 Å². The number of ether oxygens (including phenoxy) is 1. The van der Waals surface area contributed by atoms with Gasteiger partial charge in [0.15, 0.2) is 5.78 Å². The summed E-state index contributed by atoms with van der Waals surface area (Å²) in [5.41, 5.74) is 2.70. The fourth-order valence-electron chi connectivity index (χ4n) is 3.46. The first-order chi connectivity index (χ1) is 9.72. The normalized spacial score (nSPS) is 22.3. The van der Waals surface area contributed by atoms with E-state index in [4.69, 9.17) is 4.74 Å². The predicted molar refractivity (Wildman–Crippen MR) is 79.4 cm³/mol. The third-order valence-electron chi connectivity index (χ3n) is 4.45. The molecule has 0 spiro atoms. The number of carbonyl (C=O) groups excluding carboxylic acids is 1. The molecule has 0 aliphatic carbocycles. The second-order valence-electron chi connectivity index (χ2n) is 5.62. The molecule has 1 aromatic carbocycles. The maximum Gasteiger partial charge on any atom is 0.194 e. The Hall–Kier alpha value is -1.61. The van der Waals surface area contributed by atoms with E-state index in [2.05, 4.69) is 11.0 Å². The maximum absolute atomic E-state index is 13.0. The van der Waals surface area contributed by atoms with Crippen molar-refractivity contribution in [3.63, 3.8) is 0 Å². The molecule has 0 saturated carbocycles. The molecule has 1 fully saturated rings. The molecule has 3 nitrogen and oxygen atoms in total. The molecule has 106 valence electrons. The van der Waals surface area contributed by atoms with Crippen molar-refractivity contribution in [2.24, 2.45) is 0 Å². The van der Waals surface area contributed by atoms with E-state index in [0.29, 0.717) is 11.8 Å². The van der Waals surface area contributed by atoms with Crippen molar-refractivity contribution in [3.05, 3.63) is 41.0 Å². The van der Waals surface area contributed by atoms with Gasteiger partial charge in [-0.25, -0.2) is 0 Å². The van der Waals surface area contributed by atoms with E-state index >= 15 is 0 Å². The quantitative estimate of drug-likeness (QED) is 0.792. The first-order valence-corrected chi connectivity index (χ1v) is 7.35. The minimum Gasteiger partial charge on any atom is -0.496 e. The second-order valence-corrected chi connectivity index (χ2v) is 5.62. The van der Waals surface area contributed by atoms with Crippen LogP contribution in [-0.2, 0) is 0 Å². The lowest BCUT2D eigenvalue weighted by molar-refractivity contribution is 0.100. The van der Waals surface area contributed by atoms with Crippen molar-refractivity contribution in [1.82, 2.24) is 4.90 Å². The maximum atomic E-state index is 13.0. The highest BCUT2D eigenvalue weighted by Gasteiger charge is 2.34. The number of methoxy groups -OCH3 is 1. The highest BCUT2D eigenvalue weighted by atomic mass is 16.5. The summed E-state index contributed by atoms with van der Waals surface area (Å²) in [6.07, 6.45) is 5.42. The van der Waals surface area contributed by atoms with Gasteiger partial charge in [0.2, 0.25) is 0 Å². The Balaban J connectivity index is 1.99. The van der Waals surface area contributed by atoms with Gasteiger partial charge < -0.3 is 4.74 Å². The van der Waals surface area contributed by atoms with E-state index in [1.165, 1.54) is 6.42 Å². The molecule has 20 heavy (non-hydrogen) atoms. The molecule has 2 aliphatic rings. The van der Waals surface area contributed by atoms with Gasteiger partial charge in [-0.1, -0.05) is 18.2 Å². The highest BCUT2D eigenvalue weighted by molar-refractivity contribution is 6.12. The van der Waals surface area contributed by atoms with E-state index in [1.807, 2.05) is 25.1 Å². The van der Waals surface area contributed by atoms with Crippen molar-refractivity contribution >= 4 is 5.78 Å². The van der Waals surface area contributed by atoms with E-state index in [9.17, 15) is 4.79 Å². The Morgan fingerprint density at radius 1 is 1.35 bits per heavy atom. The van der Waals surface area contributed by atoms with Crippen LogP contribution in [0, 0.1) is 6.92 Å². The summed E-state index contributed by atoms with van der Waals surface area (Å²) >= 11 is 0. The monoisotopic (exact) mass is 271 g/mol. The Labute approximate surface area is 120 Å². The molecule has 2 aliphatic heterocycles. The lowest BCUT2D eigenvalue weighted by Gasteiger charge is -2.30. The van der Waals surface area contributed by atoms with Crippen LogP contribution in [0.15, 0.2) is 29.8 Å². The number of nitrogens with zero attached hydrogens (tertiary/aromatic N) is 1. The van der Waals surface area contributed by atoms with Gasteiger partial charge in [-0.05, 0) is 44.4 Å². The number of fused-ring (bicyclic) bond motifs is 1. The Kier molecular flexibility index (Phi) is 3.62. The summed E-state index contributed by atoms with van der Waals surface area (Å²) in [6, 6.07) is 6.10. The summed E-state index contributed by atoms with van der Waals surface area (Å²) in [6.45, 7) is 4.19. The molecule has 0 radical (unpaired) electrons. The van der Waals surface area contributed by atoms with E-state index in [-0.39, 0.29) is 5.78 Å². The number of carbonyl (C=O) groups is 1. The Bertz CT molecular complexity index is 562. The van der Waals surface area contributed by atoms with E-state index in [0.717, 1.165) is 42.6 Å². The zero-order valence-corrected chi connectivity index (χ0v) is 12.2. The summed E-state index contributed by atoms with van der Waals surface area (Å²) < 4.78 is 5.39. The van der Waals surface area contributed by atoms with Crippen molar-refractivity contribution in [2.75, 3.05) is 20.2 Å². The first kappa shape index (κ1) is 13.4. The minimum atomic E-state index is 0.150. The van der Waals surface area contributed by atoms with Crippen LogP contribution in [0.25, 0.3) is 0 Å². The van der Waals surface area contributed by atoms with Crippen molar-refractivity contribution in [3.8, 4) is 5.75 Å². The van der Waals surface area contributed by atoms with Crippen LogP contribution in [0.2, 0.25) is 0 Å². The van der Waals surface area contributed by atoms with Gasteiger partial charge in [-0.2, -0.15) is 0 Å². The summed E-state index contributed by atoms with van der Waals surface area (Å²) in [4.78, 5) is 15.4. The van der Waals surface area contributed by atoms with E-state index < -0.39 is 0 Å². The van der Waals surface area contributed by atoms with Crippen LogP contribution in [0.4, 0.5) is 0 Å². The lowest BCUT2D eigenvalue weighted by atomic mass is 9.90. The fraction of sp³-hybridized carbons (Fsp3) is 0.471. The molecule has 0 N–H and O–H groups in total.